The van der Waals surface area contributed by atoms with Crippen LogP contribution in [0.5, 0.6) is 0 Å². The molecule has 2 rings (SSSR count). The summed E-state index contributed by atoms with van der Waals surface area (Å²) in [4.78, 5) is 27.8. The summed E-state index contributed by atoms with van der Waals surface area (Å²) in [5.41, 5.74) is 0.0743. The van der Waals surface area contributed by atoms with Gasteiger partial charge in [-0.05, 0) is 39.3 Å². The lowest BCUT2D eigenvalue weighted by Crippen LogP contribution is -2.34. The van der Waals surface area contributed by atoms with Crippen LogP contribution in [-0.2, 0) is 4.74 Å². The highest BCUT2D eigenvalue weighted by Crippen LogP contribution is 2.25. The highest BCUT2D eigenvalue weighted by molar-refractivity contribution is 7.13. The molecule has 26 heavy (non-hydrogen) atoms. The van der Waals surface area contributed by atoms with Crippen molar-refractivity contribution < 1.29 is 18.7 Å². The van der Waals surface area contributed by atoms with Gasteiger partial charge < -0.3 is 15.4 Å². The lowest BCUT2D eigenvalue weighted by Gasteiger charge is -2.19. The molecule has 0 aliphatic rings. The highest BCUT2D eigenvalue weighted by Gasteiger charge is 2.16. The number of rotatable bonds is 6. The van der Waals surface area contributed by atoms with E-state index >= 15 is 0 Å². The lowest BCUT2D eigenvalue weighted by atomic mass is 10.2. The van der Waals surface area contributed by atoms with Gasteiger partial charge in [-0.3, -0.25) is 4.79 Å². The van der Waals surface area contributed by atoms with Gasteiger partial charge in [0.15, 0.2) is 0 Å². The van der Waals surface area contributed by atoms with Crippen LogP contribution in [0.4, 0.5) is 9.18 Å². The third-order valence-corrected chi connectivity index (χ3v) is 4.02. The van der Waals surface area contributed by atoms with E-state index in [-0.39, 0.29) is 17.4 Å². The van der Waals surface area contributed by atoms with E-state index in [1.165, 1.54) is 17.4 Å². The molecule has 0 fully saturated rings. The first-order valence-electron chi connectivity index (χ1n) is 8.22. The first kappa shape index (κ1) is 19.8. The number of halogens is 1. The van der Waals surface area contributed by atoms with Gasteiger partial charge in [0.25, 0.3) is 5.91 Å². The Balaban J connectivity index is 1.76. The van der Waals surface area contributed by atoms with E-state index in [2.05, 4.69) is 15.6 Å². The Hall–Kier alpha value is -2.48. The van der Waals surface area contributed by atoms with Gasteiger partial charge >= 0.3 is 6.09 Å². The fraction of sp³-hybridized carbons (Fsp3) is 0.389. The molecule has 0 aliphatic heterocycles. The zero-order valence-electron chi connectivity index (χ0n) is 15.0. The number of nitrogens with zero attached hydrogens (tertiary/aromatic N) is 1. The monoisotopic (exact) mass is 379 g/mol. The zero-order valence-corrected chi connectivity index (χ0v) is 15.8. The second kappa shape index (κ2) is 8.75. The first-order valence-corrected chi connectivity index (χ1v) is 9.10. The van der Waals surface area contributed by atoms with Gasteiger partial charge in [0.1, 0.15) is 22.1 Å². The first-order chi connectivity index (χ1) is 12.3. The number of nitrogens with one attached hydrogen (secondary N) is 2. The topological polar surface area (TPSA) is 80.3 Å². The van der Waals surface area contributed by atoms with E-state index < -0.39 is 11.7 Å². The standard InChI is InChI=1S/C18H22FN3O3S/c1-18(2,3)25-17(24)21-10-6-9-20-15(23)14-11-26-16(22-14)12-7-4-5-8-13(12)19/h4-5,7-8,11H,6,9-10H2,1-3H3,(H,20,23)(H,21,24). The minimum Gasteiger partial charge on any atom is -0.444 e. The summed E-state index contributed by atoms with van der Waals surface area (Å²) in [5.74, 6) is -0.705. The number of amides is 2. The second-order valence-electron chi connectivity index (χ2n) is 6.56. The van der Waals surface area contributed by atoms with Crippen LogP contribution in [0.2, 0.25) is 0 Å². The van der Waals surface area contributed by atoms with Crippen molar-refractivity contribution in [2.45, 2.75) is 32.8 Å². The smallest absolute Gasteiger partial charge is 0.407 e. The predicted octanol–water partition coefficient (Wildman–Crippen LogP) is 3.59. The molecule has 8 heteroatoms. The maximum Gasteiger partial charge on any atom is 0.407 e. The molecule has 1 heterocycles. The Morgan fingerprint density at radius 1 is 1.19 bits per heavy atom. The maximum atomic E-state index is 13.8. The number of thiazole rings is 1. The summed E-state index contributed by atoms with van der Waals surface area (Å²) in [6.45, 7) is 6.12. The molecule has 0 spiro atoms. The Kier molecular flexibility index (Phi) is 6.68. The van der Waals surface area contributed by atoms with Crippen LogP contribution in [0.25, 0.3) is 10.6 Å². The summed E-state index contributed by atoms with van der Waals surface area (Å²) in [5, 5.41) is 7.39. The summed E-state index contributed by atoms with van der Waals surface area (Å²) in [6.07, 6.45) is 0.0628. The third-order valence-electron chi connectivity index (χ3n) is 3.15. The Morgan fingerprint density at radius 3 is 2.58 bits per heavy atom. The molecule has 2 aromatic rings. The number of hydrogen-bond donors (Lipinski definition) is 2. The highest BCUT2D eigenvalue weighted by atomic mass is 32.1. The SMILES string of the molecule is CC(C)(C)OC(=O)NCCCNC(=O)c1csc(-c2ccccc2F)n1. The molecule has 0 atom stereocenters. The third kappa shape index (κ3) is 6.11. The average Bonchev–Trinajstić information content (AvgIpc) is 3.03. The summed E-state index contributed by atoms with van der Waals surface area (Å²) < 4.78 is 18.9. The number of alkyl carbamates (subject to hydrolysis) is 1. The molecule has 140 valence electrons. The van der Waals surface area contributed by atoms with Crippen molar-refractivity contribution in [3.63, 3.8) is 0 Å². The molecule has 1 aromatic carbocycles. The lowest BCUT2D eigenvalue weighted by molar-refractivity contribution is 0.0527. The Labute approximate surface area is 155 Å². The van der Waals surface area contributed by atoms with E-state index in [1.807, 2.05) is 0 Å². The molecule has 0 radical (unpaired) electrons. The number of hydrogen-bond acceptors (Lipinski definition) is 5. The van der Waals surface area contributed by atoms with Crippen LogP contribution in [0.3, 0.4) is 0 Å². The molecule has 0 bridgehead atoms. The molecule has 0 unspecified atom stereocenters. The van der Waals surface area contributed by atoms with E-state index in [4.69, 9.17) is 4.74 Å². The summed E-state index contributed by atoms with van der Waals surface area (Å²) in [7, 11) is 0. The average molecular weight is 379 g/mol. The number of carbonyl (C=O) groups excluding carboxylic acids is 2. The molecule has 6 nitrogen and oxygen atoms in total. The largest absolute Gasteiger partial charge is 0.444 e. The van der Waals surface area contributed by atoms with Gasteiger partial charge in [0.2, 0.25) is 0 Å². The molecule has 2 amide bonds. The van der Waals surface area contributed by atoms with E-state index in [0.717, 1.165) is 0 Å². The Bertz CT molecular complexity index is 771. The molecule has 1 aromatic heterocycles. The number of aromatic nitrogens is 1. The summed E-state index contributed by atoms with van der Waals surface area (Å²) in [6, 6.07) is 6.30. The summed E-state index contributed by atoms with van der Waals surface area (Å²) >= 11 is 1.21. The van der Waals surface area contributed by atoms with Crippen LogP contribution in [-0.4, -0.2) is 35.7 Å². The molecular weight excluding hydrogens is 357 g/mol. The quantitative estimate of drug-likeness (QED) is 0.752. The van der Waals surface area contributed by atoms with E-state index in [0.29, 0.717) is 30.1 Å². The van der Waals surface area contributed by atoms with Crippen LogP contribution >= 0.6 is 11.3 Å². The molecule has 2 N–H and O–H groups in total. The van der Waals surface area contributed by atoms with E-state index in [1.54, 1.807) is 44.4 Å². The van der Waals surface area contributed by atoms with Crippen molar-refractivity contribution in [3.05, 3.63) is 41.2 Å². The fourth-order valence-corrected chi connectivity index (χ4v) is 2.85. The Morgan fingerprint density at radius 2 is 1.88 bits per heavy atom. The predicted molar refractivity (Wildman–Crippen MR) is 98.7 cm³/mol. The van der Waals surface area contributed by atoms with Crippen LogP contribution < -0.4 is 10.6 Å². The van der Waals surface area contributed by atoms with Gasteiger partial charge in [-0.1, -0.05) is 12.1 Å². The number of benzene rings is 1. The van der Waals surface area contributed by atoms with Gasteiger partial charge in [-0.25, -0.2) is 14.2 Å². The normalized spacial score (nSPS) is 11.1. The van der Waals surface area contributed by atoms with Crippen molar-refractivity contribution >= 4 is 23.3 Å². The second-order valence-corrected chi connectivity index (χ2v) is 7.41. The minimum absolute atomic E-state index is 0.244. The van der Waals surface area contributed by atoms with Gasteiger partial charge in [-0.2, -0.15) is 0 Å². The molecule has 0 saturated carbocycles. The number of carbonyl (C=O) groups is 2. The molecular formula is C18H22FN3O3S. The number of ether oxygens (including phenoxy) is 1. The minimum atomic E-state index is -0.543. The van der Waals surface area contributed by atoms with Crippen molar-refractivity contribution in [3.8, 4) is 10.6 Å². The van der Waals surface area contributed by atoms with Crippen molar-refractivity contribution in [1.29, 1.82) is 0 Å². The van der Waals surface area contributed by atoms with Crippen LogP contribution in [0.15, 0.2) is 29.6 Å². The van der Waals surface area contributed by atoms with E-state index in [9.17, 15) is 14.0 Å². The van der Waals surface area contributed by atoms with Crippen LogP contribution in [0, 0.1) is 5.82 Å². The molecule has 0 saturated heterocycles. The fourth-order valence-electron chi connectivity index (χ4n) is 2.02. The van der Waals surface area contributed by atoms with Crippen molar-refractivity contribution in [2.24, 2.45) is 0 Å². The zero-order chi connectivity index (χ0) is 19.2. The van der Waals surface area contributed by atoms with Gasteiger partial charge in [-0.15, -0.1) is 11.3 Å². The van der Waals surface area contributed by atoms with Gasteiger partial charge in [0.05, 0.1) is 0 Å². The van der Waals surface area contributed by atoms with Crippen molar-refractivity contribution in [1.82, 2.24) is 15.6 Å². The van der Waals surface area contributed by atoms with Gasteiger partial charge in [0, 0.05) is 24.0 Å². The molecule has 0 aliphatic carbocycles. The maximum absolute atomic E-state index is 13.8. The van der Waals surface area contributed by atoms with Crippen molar-refractivity contribution in [2.75, 3.05) is 13.1 Å². The van der Waals surface area contributed by atoms with Crippen LogP contribution in [0.1, 0.15) is 37.7 Å².